The van der Waals surface area contributed by atoms with E-state index in [0.29, 0.717) is 12.1 Å². The molecule has 0 unspecified atom stereocenters. The summed E-state index contributed by atoms with van der Waals surface area (Å²) >= 11 is 0. The Kier molecular flexibility index (Phi) is 2.72. The van der Waals surface area contributed by atoms with E-state index < -0.39 is 0 Å². The van der Waals surface area contributed by atoms with Gasteiger partial charge in [0, 0.05) is 17.3 Å². The molecular weight excluding hydrogens is 204 g/mol. The Bertz CT molecular complexity index is 543. The highest BCUT2D eigenvalue weighted by atomic mass is 16.1. The Hall–Kier alpha value is -2.10. The lowest BCUT2D eigenvalue weighted by molar-refractivity contribution is -0.117. The van der Waals surface area contributed by atoms with Crippen LogP contribution in [0.2, 0.25) is 0 Å². The first-order valence-electron chi connectivity index (χ1n) is 5.05. The predicted molar refractivity (Wildman–Crippen MR) is 61.2 cm³/mol. The Morgan fingerprint density at radius 1 is 1.38 bits per heavy atom. The molecule has 82 valence electrons. The van der Waals surface area contributed by atoms with Gasteiger partial charge in [0.1, 0.15) is 0 Å². The summed E-state index contributed by atoms with van der Waals surface area (Å²) in [5.74, 6) is -0.359. The molecule has 0 aliphatic rings. The van der Waals surface area contributed by atoms with Crippen LogP contribution in [0.1, 0.15) is 22.5 Å². The van der Waals surface area contributed by atoms with Crippen LogP contribution in [-0.2, 0) is 11.2 Å². The number of aldehydes is 1. The minimum absolute atomic E-state index is 0.253. The molecule has 4 nitrogen and oxygen atoms in total. The second-order valence-electron chi connectivity index (χ2n) is 3.65. The standard InChI is InChI=1S/C12H12N2O2/c13-12(16)6-5-9-8-3-1-2-4-10(8)14-11(9)7-15/h1-4,7,14H,5-6H2,(H2,13,16). The number of benzene rings is 1. The average molecular weight is 216 g/mol. The lowest BCUT2D eigenvalue weighted by Gasteiger charge is -1.98. The molecule has 0 aliphatic heterocycles. The van der Waals surface area contributed by atoms with Gasteiger partial charge >= 0.3 is 0 Å². The first kappa shape index (κ1) is 10.4. The molecular formula is C12H12N2O2. The summed E-state index contributed by atoms with van der Waals surface area (Å²) in [5, 5.41) is 0.978. The number of para-hydroxylation sites is 1. The molecule has 1 heterocycles. The molecule has 2 rings (SSSR count). The highest BCUT2D eigenvalue weighted by Crippen LogP contribution is 2.22. The number of H-pyrrole nitrogens is 1. The molecule has 0 aliphatic carbocycles. The number of carbonyl (C=O) groups excluding carboxylic acids is 2. The lowest BCUT2D eigenvalue weighted by atomic mass is 10.1. The maximum Gasteiger partial charge on any atom is 0.217 e. The van der Waals surface area contributed by atoms with Crippen LogP contribution < -0.4 is 5.73 Å². The van der Waals surface area contributed by atoms with Crippen molar-refractivity contribution in [3.05, 3.63) is 35.5 Å². The molecule has 1 aromatic heterocycles. The van der Waals surface area contributed by atoms with Gasteiger partial charge < -0.3 is 10.7 Å². The molecule has 0 saturated carbocycles. The van der Waals surface area contributed by atoms with Crippen molar-refractivity contribution in [1.29, 1.82) is 0 Å². The number of aryl methyl sites for hydroxylation is 1. The summed E-state index contributed by atoms with van der Waals surface area (Å²) in [5.41, 5.74) is 7.41. The summed E-state index contributed by atoms with van der Waals surface area (Å²) in [6, 6.07) is 7.62. The number of hydrogen-bond acceptors (Lipinski definition) is 2. The molecule has 0 atom stereocenters. The third-order valence-electron chi connectivity index (χ3n) is 2.59. The van der Waals surface area contributed by atoms with E-state index in [1.165, 1.54) is 0 Å². The van der Waals surface area contributed by atoms with Crippen molar-refractivity contribution in [2.75, 3.05) is 0 Å². The first-order valence-corrected chi connectivity index (χ1v) is 5.05. The number of aromatic nitrogens is 1. The molecule has 1 aromatic carbocycles. The van der Waals surface area contributed by atoms with Gasteiger partial charge in [0.15, 0.2) is 6.29 Å². The molecule has 4 heteroatoms. The van der Waals surface area contributed by atoms with E-state index in [4.69, 9.17) is 5.73 Å². The fourth-order valence-corrected chi connectivity index (χ4v) is 1.84. The van der Waals surface area contributed by atoms with Crippen LogP contribution in [0, 0.1) is 0 Å². The number of fused-ring (bicyclic) bond motifs is 1. The van der Waals surface area contributed by atoms with Crippen LogP contribution in [0.4, 0.5) is 0 Å². The summed E-state index contributed by atoms with van der Waals surface area (Å²) < 4.78 is 0. The number of rotatable bonds is 4. The maximum atomic E-state index is 10.9. The van der Waals surface area contributed by atoms with E-state index in [-0.39, 0.29) is 12.3 Å². The quantitative estimate of drug-likeness (QED) is 0.758. The van der Waals surface area contributed by atoms with Crippen molar-refractivity contribution >= 4 is 23.1 Å². The third-order valence-corrected chi connectivity index (χ3v) is 2.59. The smallest absolute Gasteiger partial charge is 0.217 e. The van der Waals surface area contributed by atoms with Crippen molar-refractivity contribution < 1.29 is 9.59 Å². The summed E-state index contributed by atoms with van der Waals surface area (Å²) in [7, 11) is 0. The van der Waals surface area contributed by atoms with Crippen LogP contribution in [0.15, 0.2) is 24.3 Å². The number of carbonyl (C=O) groups is 2. The van der Waals surface area contributed by atoms with Gasteiger partial charge in [-0.3, -0.25) is 9.59 Å². The van der Waals surface area contributed by atoms with Crippen molar-refractivity contribution in [3.8, 4) is 0 Å². The van der Waals surface area contributed by atoms with Crippen molar-refractivity contribution in [1.82, 2.24) is 4.98 Å². The highest BCUT2D eigenvalue weighted by Gasteiger charge is 2.10. The molecule has 0 fully saturated rings. The number of primary amides is 1. The zero-order chi connectivity index (χ0) is 11.5. The van der Waals surface area contributed by atoms with Crippen LogP contribution in [0.5, 0.6) is 0 Å². The topological polar surface area (TPSA) is 76.0 Å². The zero-order valence-electron chi connectivity index (χ0n) is 8.69. The number of aromatic amines is 1. The molecule has 0 radical (unpaired) electrons. The Morgan fingerprint density at radius 2 is 2.12 bits per heavy atom. The van der Waals surface area contributed by atoms with Gasteiger partial charge in [-0.05, 0) is 18.1 Å². The normalized spacial score (nSPS) is 10.5. The highest BCUT2D eigenvalue weighted by molar-refractivity contribution is 5.92. The van der Waals surface area contributed by atoms with Gasteiger partial charge in [0.2, 0.25) is 5.91 Å². The molecule has 1 amide bonds. The van der Waals surface area contributed by atoms with Crippen LogP contribution in [0.25, 0.3) is 10.9 Å². The average Bonchev–Trinajstić information content (AvgIpc) is 2.64. The number of nitrogens with two attached hydrogens (primary N) is 1. The van der Waals surface area contributed by atoms with Gasteiger partial charge in [-0.15, -0.1) is 0 Å². The maximum absolute atomic E-state index is 10.9. The summed E-state index contributed by atoms with van der Waals surface area (Å²) in [6.07, 6.45) is 1.52. The van der Waals surface area contributed by atoms with Crippen LogP contribution in [0.3, 0.4) is 0 Å². The Balaban J connectivity index is 2.47. The van der Waals surface area contributed by atoms with Crippen LogP contribution in [-0.4, -0.2) is 17.2 Å². The van der Waals surface area contributed by atoms with Crippen LogP contribution >= 0.6 is 0 Å². The Morgan fingerprint density at radius 3 is 2.81 bits per heavy atom. The van der Waals surface area contributed by atoms with Gasteiger partial charge in [-0.1, -0.05) is 18.2 Å². The van der Waals surface area contributed by atoms with Crippen molar-refractivity contribution in [3.63, 3.8) is 0 Å². The van der Waals surface area contributed by atoms with Crippen molar-refractivity contribution in [2.45, 2.75) is 12.8 Å². The minimum Gasteiger partial charge on any atom is -0.370 e. The van der Waals surface area contributed by atoms with Gasteiger partial charge in [-0.2, -0.15) is 0 Å². The fourth-order valence-electron chi connectivity index (χ4n) is 1.84. The van der Waals surface area contributed by atoms with E-state index >= 15 is 0 Å². The lowest BCUT2D eigenvalue weighted by Crippen LogP contribution is -2.11. The van der Waals surface area contributed by atoms with E-state index in [0.717, 1.165) is 22.8 Å². The number of amides is 1. The van der Waals surface area contributed by atoms with E-state index in [1.54, 1.807) is 0 Å². The number of hydrogen-bond donors (Lipinski definition) is 2. The van der Waals surface area contributed by atoms with Gasteiger partial charge in [-0.25, -0.2) is 0 Å². The van der Waals surface area contributed by atoms with Crippen molar-refractivity contribution in [2.24, 2.45) is 5.73 Å². The molecule has 3 N–H and O–H groups in total. The van der Waals surface area contributed by atoms with Gasteiger partial charge in [0.05, 0.1) is 5.69 Å². The second kappa shape index (κ2) is 4.18. The monoisotopic (exact) mass is 216 g/mol. The summed E-state index contributed by atoms with van der Waals surface area (Å²) in [4.78, 5) is 24.7. The third kappa shape index (κ3) is 1.82. The second-order valence-corrected chi connectivity index (χ2v) is 3.65. The molecule has 16 heavy (non-hydrogen) atoms. The van der Waals surface area contributed by atoms with E-state index in [9.17, 15) is 9.59 Å². The first-order chi connectivity index (χ1) is 7.72. The predicted octanol–water partition coefficient (Wildman–Crippen LogP) is 1.40. The minimum atomic E-state index is -0.359. The Labute approximate surface area is 92.4 Å². The van der Waals surface area contributed by atoms with E-state index in [1.807, 2.05) is 24.3 Å². The van der Waals surface area contributed by atoms with E-state index in [2.05, 4.69) is 4.98 Å². The molecule has 0 saturated heterocycles. The molecule has 2 aromatic rings. The molecule has 0 spiro atoms. The number of nitrogens with one attached hydrogen (secondary N) is 1. The SMILES string of the molecule is NC(=O)CCc1c(C=O)[nH]c2ccccc12. The summed E-state index contributed by atoms with van der Waals surface area (Å²) in [6.45, 7) is 0. The van der Waals surface area contributed by atoms with Gasteiger partial charge in [0.25, 0.3) is 0 Å². The molecule has 0 bridgehead atoms. The zero-order valence-corrected chi connectivity index (χ0v) is 8.69. The largest absolute Gasteiger partial charge is 0.370 e. The fraction of sp³-hybridized carbons (Fsp3) is 0.167.